The molecule has 1 aromatic rings. The lowest BCUT2D eigenvalue weighted by Gasteiger charge is -2.52. The second-order valence-corrected chi connectivity index (χ2v) is 7.52. The molecule has 1 saturated carbocycles. The van der Waals surface area contributed by atoms with Gasteiger partial charge >= 0.3 is 0 Å². The second-order valence-electron chi connectivity index (χ2n) is 7.52. The van der Waals surface area contributed by atoms with Crippen molar-refractivity contribution in [3.05, 3.63) is 29.3 Å². The van der Waals surface area contributed by atoms with Gasteiger partial charge in [0.25, 0.3) is 0 Å². The monoisotopic (exact) mass is 313 g/mol. The Morgan fingerprint density at radius 2 is 2.09 bits per heavy atom. The first-order chi connectivity index (χ1) is 11.0. The molecule has 23 heavy (non-hydrogen) atoms. The van der Waals surface area contributed by atoms with Crippen LogP contribution in [0.3, 0.4) is 0 Å². The number of rotatable bonds is 1. The van der Waals surface area contributed by atoms with E-state index in [-0.39, 0.29) is 23.1 Å². The smallest absolute Gasteiger partial charge is 0.232 e. The molecule has 1 saturated heterocycles. The number of methoxy groups -OCH3 is 1. The van der Waals surface area contributed by atoms with Gasteiger partial charge in [0.1, 0.15) is 5.75 Å². The quantitative estimate of drug-likeness (QED) is 0.811. The lowest BCUT2D eigenvalue weighted by Crippen LogP contribution is -2.57. The summed E-state index contributed by atoms with van der Waals surface area (Å²) in [5, 5.41) is 2.55. The number of ether oxygens (including phenoxy) is 1. The summed E-state index contributed by atoms with van der Waals surface area (Å²) in [5.74, 6) is 1.84. The standard InChI is InChI=1S/C19H23NO3/c1-19-8-7-14-13-6-4-12(23-2)9-11(13)3-5-15(14)16(19)10-17(21)20-18(19)22/h4,6,9,14-16H,3,5,7-8,10H2,1-2H3,(H,20,21,22)/t14?,15-,16?,19+/m1/s1. The van der Waals surface area contributed by atoms with Gasteiger partial charge in [-0.1, -0.05) is 13.0 Å². The first-order valence-corrected chi connectivity index (χ1v) is 8.54. The third-order valence-corrected chi connectivity index (χ3v) is 6.50. The predicted octanol–water partition coefficient (Wildman–Crippen LogP) is 2.80. The average molecular weight is 313 g/mol. The Morgan fingerprint density at radius 3 is 2.87 bits per heavy atom. The van der Waals surface area contributed by atoms with Crippen molar-refractivity contribution < 1.29 is 14.3 Å². The molecule has 122 valence electrons. The number of carbonyl (C=O) groups excluding carboxylic acids is 2. The van der Waals surface area contributed by atoms with Crippen LogP contribution in [-0.4, -0.2) is 18.9 Å². The fourth-order valence-electron chi connectivity index (χ4n) is 5.18. The van der Waals surface area contributed by atoms with E-state index in [0.29, 0.717) is 18.3 Å². The number of amides is 2. The SMILES string of the molecule is COc1ccc2c(c1)CC[C@@H]1C2CC[C@]2(C)C(=O)NC(=O)CC12. The Bertz CT molecular complexity index is 683. The largest absolute Gasteiger partial charge is 0.497 e. The van der Waals surface area contributed by atoms with Gasteiger partial charge in [0, 0.05) is 6.42 Å². The van der Waals surface area contributed by atoms with Crippen molar-refractivity contribution in [2.45, 2.75) is 44.9 Å². The number of imide groups is 1. The van der Waals surface area contributed by atoms with Crippen molar-refractivity contribution in [1.82, 2.24) is 5.32 Å². The van der Waals surface area contributed by atoms with Gasteiger partial charge in [0.2, 0.25) is 11.8 Å². The molecule has 0 spiro atoms. The van der Waals surface area contributed by atoms with Gasteiger partial charge in [0.05, 0.1) is 12.5 Å². The maximum atomic E-state index is 12.4. The molecule has 2 unspecified atom stereocenters. The molecule has 1 N–H and O–H groups in total. The molecule has 1 aromatic carbocycles. The highest BCUT2D eigenvalue weighted by molar-refractivity contribution is 6.01. The van der Waals surface area contributed by atoms with E-state index in [0.717, 1.165) is 31.4 Å². The van der Waals surface area contributed by atoms with Gasteiger partial charge in [-0.25, -0.2) is 0 Å². The van der Waals surface area contributed by atoms with E-state index in [1.807, 2.05) is 6.07 Å². The molecule has 0 radical (unpaired) electrons. The molecule has 4 atom stereocenters. The van der Waals surface area contributed by atoms with Crippen LogP contribution in [0.4, 0.5) is 0 Å². The van der Waals surface area contributed by atoms with E-state index in [2.05, 4.69) is 24.4 Å². The van der Waals surface area contributed by atoms with Gasteiger partial charge in [-0.3, -0.25) is 14.9 Å². The van der Waals surface area contributed by atoms with E-state index in [4.69, 9.17) is 4.74 Å². The zero-order chi connectivity index (χ0) is 16.2. The number of benzene rings is 1. The van der Waals surface area contributed by atoms with Crippen LogP contribution in [0.25, 0.3) is 0 Å². The molecule has 4 nitrogen and oxygen atoms in total. The average Bonchev–Trinajstić information content (AvgIpc) is 2.55. The zero-order valence-electron chi connectivity index (χ0n) is 13.7. The van der Waals surface area contributed by atoms with Gasteiger partial charge in [-0.2, -0.15) is 0 Å². The summed E-state index contributed by atoms with van der Waals surface area (Å²) in [7, 11) is 1.70. The third kappa shape index (κ3) is 2.11. The van der Waals surface area contributed by atoms with Crippen molar-refractivity contribution in [3.8, 4) is 5.75 Å². The molecule has 4 rings (SSSR count). The third-order valence-electron chi connectivity index (χ3n) is 6.50. The van der Waals surface area contributed by atoms with E-state index in [1.165, 1.54) is 11.1 Å². The van der Waals surface area contributed by atoms with E-state index in [9.17, 15) is 9.59 Å². The fraction of sp³-hybridized carbons (Fsp3) is 0.579. The number of fused-ring (bicyclic) bond motifs is 5. The summed E-state index contributed by atoms with van der Waals surface area (Å²) < 4.78 is 5.35. The molecule has 3 aliphatic rings. The minimum absolute atomic E-state index is 0.0577. The van der Waals surface area contributed by atoms with Crippen molar-refractivity contribution in [1.29, 1.82) is 0 Å². The van der Waals surface area contributed by atoms with Crippen LogP contribution in [0.1, 0.15) is 49.7 Å². The Morgan fingerprint density at radius 1 is 1.26 bits per heavy atom. The van der Waals surface area contributed by atoms with E-state index >= 15 is 0 Å². The molecule has 2 amide bonds. The molecule has 2 aliphatic carbocycles. The Labute approximate surface area is 136 Å². The topological polar surface area (TPSA) is 55.4 Å². The van der Waals surface area contributed by atoms with Crippen molar-refractivity contribution in [2.75, 3.05) is 7.11 Å². The van der Waals surface area contributed by atoms with E-state index < -0.39 is 0 Å². The van der Waals surface area contributed by atoms with Crippen LogP contribution in [-0.2, 0) is 16.0 Å². The Balaban J connectivity index is 1.71. The highest BCUT2D eigenvalue weighted by Gasteiger charge is 2.54. The summed E-state index contributed by atoms with van der Waals surface area (Å²) in [5.41, 5.74) is 2.40. The number of hydrogen-bond donors (Lipinski definition) is 1. The zero-order valence-corrected chi connectivity index (χ0v) is 13.7. The number of aryl methyl sites for hydroxylation is 1. The van der Waals surface area contributed by atoms with Crippen molar-refractivity contribution >= 4 is 11.8 Å². The highest BCUT2D eigenvalue weighted by atomic mass is 16.5. The maximum absolute atomic E-state index is 12.4. The normalized spacial score (nSPS) is 35.7. The lowest BCUT2D eigenvalue weighted by molar-refractivity contribution is -0.151. The molecule has 1 heterocycles. The van der Waals surface area contributed by atoms with Crippen LogP contribution in [0, 0.1) is 17.3 Å². The number of carbonyl (C=O) groups is 2. The molecule has 4 heteroatoms. The van der Waals surface area contributed by atoms with Crippen LogP contribution in [0.15, 0.2) is 18.2 Å². The number of hydrogen-bond acceptors (Lipinski definition) is 3. The summed E-state index contributed by atoms with van der Waals surface area (Å²) in [6.45, 7) is 2.05. The first-order valence-electron chi connectivity index (χ1n) is 8.54. The molecule has 1 aliphatic heterocycles. The van der Waals surface area contributed by atoms with Gasteiger partial charge < -0.3 is 4.74 Å². The van der Waals surface area contributed by atoms with Crippen molar-refractivity contribution in [2.24, 2.45) is 17.3 Å². The van der Waals surface area contributed by atoms with Gasteiger partial charge in [0.15, 0.2) is 0 Å². The second kappa shape index (κ2) is 5.08. The van der Waals surface area contributed by atoms with Gasteiger partial charge in [-0.05, 0) is 66.7 Å². The minimum atomic E-state index is -0.376. The Kier molecular flexibility index (Phi) is 3.26. The summed E-state index contributed by atoms with van der Waals surface area (Å²) in [6.07, 6.45) is 4.46. The van der Waals surface area contributed by atoms with E-state index in [1.54, 1.807) is 7.11 Å². The van der Waals surface area contributed by atoms with Crippen LogP contribution < -0.4 is 10.1 Å². The van der Waals surface area contributed by atoms with Crippen molar-refractivity contribution in [3.63, 3.8) is 0 Å². The molecular formula is C19H23NO3. The first kappa shape index (κ1) is 14.7. The predicted molar refractivity (Wildman–Crippen MR) is 86.1 cm³/mol. The lowest BCUT2D eigenvalue weighted by atomic mass is 9.52. The summed E-state index contributed by atoms with van der Waals surface area (Å²) >= 11 is 0. The highest BCUT2D eigenvalue weighted by Crippen LogP contribution is 2.56. The number of piperidine rings is 1. The molecule has 0 aromatic heterocycles. The summed E-state index contributed by atoms with van der Waals surface area (Å²) in [6, 6.07) is 6.38. The Hall–Kier alpha value is -1.84. The fourth-order valence-corrected chi connectivity index (χ4v) is 5.18. The molecular weight excluding hydrogens is 290 g/mol. The van der Waals surface area contributed by atoms with Crippen LogP contribution in [0.2, 0.25) is 0 Å². The maximum Gasteiger partial charge on any atom is 0.232 e. The minimum Gasteiger partial charge on any atom is -0.497 e. The van der Waals surface area contributed by atoms with Crippen LogP contribution >= 0.6 is 0 Å². The summed E-state index contributed by atoms with van der Waals surface area (Å²) in [4.78, 5) is 24.3. The molecule has 2 fully saturated rings. The van der Waals surface area contributed by atoms with Gasteiger partial charge in [-0.15, -0.1) is 0 Å². The number of nitrogens with one attached hydrogen (secondary N) is 1. The van der Waals surface area contributed by atoms with Crippen LogP contribution in [0.5, 0.6) is 5.75 Å². The molecule has 0 bridgehead atoms.